The van der Waals surface area contributed by atoms with E-state index in [0.717, 1.165) is 0 Å². The lowest BCUT2D eigenvalue weighted by atomic mass is 10.5. The molecule has 0 radical (unpaired) electrons. The Balaban J connectivity index is 3.25. The van der Waals surface area contributed by atoms with E-state index >= 15 is 0 Å². The van der Waals surface area contributed by atoms with Gasteiger partial charge in [-0.05, 0) is 12.1 Å². The molecule has 0 aliphatic carbocycles. The molecule has 0 amide bonds. The van der Waals surface area contributed by atoms with Crippen molar-refractivity contribution in [2.24, 2.45) is 4.36 Å². The lowest BCUT2D eigenvalue weighted by molar-refractivity contribution is 0.677. The summed E-state index contributed by atoms with van der Waals surface area (Å²) in [7, 11) is -0.696. The molecule has 0 N–H and O–H groups in total. The number of aromatic nitrogens is 1. The van der Waals surface area contributed by atoms with Crippen LogP contribution in [0.2, 0.25) is 0 Å². The first kappa shape index (κ1) is 8.20. The largest absolute Gasteiger partial charge is 0.246 e. The lowest BCUT2D eigenvalue weighted by Crippen LogP contribution is -1.98. The van der Waals surface area contributed by atoms with Crippen molar-refractivity contribution in [3.8, 4) is 0 Å². The quantitative estimate of drug-likeness (QED) is 0.635. The third kappa shape index (κ3) is 1.77. The monoisotopic (exact) mass is 170 g/mol. The summed E-state index contributed by atoms with van der Waals surface area (Å²) in [6.45, 7) is 0. The van der Waals surface area contributed by atoms with Crippen LogP contribution < -0.4 is 0 Å². The fourth-order valence-electron chi connectivity index (χ4n) is 0.665. The Morgan fingerprint density at radius 3 is 2.73 bits per heavy atom. The van der Waals surface area contributed by atoms with E-state index in [1.54, 1.807) is 30.7 Å². The Kier molecular flexibility index (Phi) is 2.24. The summed E-state index contributed by atoms with van der Waals surface area (Å²) in [5.41, 5.74) is 0. The van der Waals surface area contributed by atoms with Gasteiger partial charge in [0.2, 0.25) is 0 Å². The van der Waals surface area contributed by atoms with E-state index in [1.165, 1.54) is 7.05 Å². The van der Waals surface area contributed by atoms with Crippen LogP contribution >= 0.6 is 0 Å². The van der Waals surface area contributed by atoms with E-state index in [9.17, 15) is 4.21 Å². The van der Waals surface area contributed by atoms with Crippen molar-refractivity contribution >= 4 is 9.73 Å². The summed E-state index contributed by atoms with van der Waals surface area (Å²) in [6, 6.07) is 5.31. The molecule has 1 aromatic heterocycles. The van der Waals surface area contributed by atoms with Gasteiger partial charge in [-0.1, -0.05) is 6.07 Å². The van der Waals surface area contributed by atoms with Gasteiger partial charge in [0.25, 0.3) is 0 Å². The average Bonchev–Trinajstić information content (AvgIpc) is 2.06. The van der Waals surface area contributed by atoms with Gasteiger partial charge >= 0.3 is 0 Å². The maximum absolute atomic E-state index is 11.5. The molecule has 1 rings (SSSR count). The summed E-state index contributed by atoms with van der Waals surface area (Å²) in [5, 5.41) is 0.544. The molecule has 4 heteroatoms. The molecule has 0 aromatic carbocycles. The highest BCUT2D eigenvalue weighted by Crippen LogP contribution is 2.04. The number of hydrogen-bond acceptors (Lipinski definition) is 3. The summed E-state index contributed by atoms with van der Waals surface area (Å²) in [6.07, 6.45) is 3.19. The highest BCUT2D eigenvalue weighted by Gasteiger charge is 2.02. The van der Waals surface area contributed by atoms with E-state index in [4.69, 9.17) is 0 Å². The van der Waals surface area contributed by atoms with Crippen LogP contribution in [0.5, 0.6) is 0 Å². The third-order valence-electron chi connectivity index (χ3n) is 1.37. The molecule has 0 unspecified atom stereocenters. The van der Waals surface area contributed by atoms with Gasteiger partial charge in [-0.15, -0.1) is 0 Å². The Hall–Kier alpha value is -0.900. The van der Waals surface area contributed by atoms with Crippen molar-refractivity contribution in [3.05, 3.63) is 24.4 Å². The van der Waals surface area contributed by atoms with Gasteiger partial charge < -0.3 is 0 Å². The van der Waals surface area contributed by atoms with E-state index in [2.05, 4.69) is 9.35 Å². The molecule has 0 saturated carbocycles. The maximum atomic E-state index is 11.5. The Morgan fingerprint density at radius 2 is 2.27 bits per heavy atom. The number of pyridine rings is 1. The third-order valence-corrected chi connectivity index (χ3v) is 3.09. The van der Waals surface area contributed by atoms with Crippen molar-refractivity contribution in [2.45, 2.75) is 5.03 Å². The molecule has 0 aliphatic heterocycles. The Labute approximate surface area is 66.7 Å². The van der Waals surface area contributed by atoms with Crippen LogP contribution in [0.15, 0.2) is 33.8 Å². The SMILES string of the molecule is CN=[S@@](C)(=O)c1ccccn1. The molecule has 1 atom stereocenters. The van der Waals surface area contributed by atoms with Crippen molar-refractivity contribution < 1.29 is 4.21 Å². The van der Waals surface area contributed by atoms with Gasteiger partial charge in [-0.3, -0.25) is 0 Å². The van der Waals surface area contributed by atoms with Crippen molar-refractivity contribution in [3.63, 3.8) is 0 Å². The molecule has 0 saturated heterocycles. The zero-order valence-corrected chi connectivity index (χ0v) is 7.34. The average molecular weight is 170 g/mol. The fourth-order valence-corrected chi connectivity index (χ4v) is 1.44. The highest BCUT2D eigenvalue weighted by atomic mass is 32.2. The van der Waals surface area contributed by atoms with Crippen LogP contribution in [0.3, 0.4) is 0 Å². The van der Waals surface area contributed by atoms with Crippen LogP contribution in [0.4, 0.5) is 0 Å². The molecule has 0 fully saturated rings. The summed E-state index contributed by atoms with van der Waals surface area (Å²) in [5.74, 6) is 0. The fraction of sp³-hybridized carbons (Fsp3) is 0.286. The Morgan fingerprint density at radius 1 is 1.55 bits per heavy atom. The van der Waals surface area contributed by atoms with Gasteiger partial charge in [-0.25, -0.2) is 13.6 Å². The van der Waals surface area contributed by atoms with Gasteiger partial charge in [0.15, 0.2) is 0 Å². The molecular formula is C7H10N2OS. The van der Waals surface area contributed by atoms with Gasteiger partial charge in [-0.2, -0.15) is 0 Å². The second-order valence-corrected chi connectivity index (χ2v) is 4.54. The molecule has 1 heterocycles. The van der Waals surface area contributed by atoms with Crippen LogP contribution in [0, 0.1) is 0 Å². The number of hydrogen-bond donors (Lipinski definition) is 0. The molecule has 3 nitrogen and oxygen atoms in total. The van der Waals surface area contributed by atoms with Gasteiger partial charge in [0, 0.05) is 19.5 Å². The zero-order chi connectivity index (χ0) is 8.32. The highest BCUT2D eigenvalue weighted by molar-refractivity contribution is 7.92. The van der Waals surface area contributed by atoms with E-state index in [1.807, 2.05) is 0 Å². The number of nitrogens with zero attached hydrogens (tertiary/aromatic N) is 2. The Bertz CT molecular complexity index is 339. The minimum atomic E-state index is -2.23. The molecule has 11 heavy (non-hydrogen) atoms. The van der Waals surface area contributed by atoms with Crippen LogP contribution in [0.25, 0.3) is 0 Å². The number of rotatable bonds is 1. The second-order valence-electron chi connectivity index (χ2n) is 2.15. The zero-order valence-electron chi connectivity index (χ0n) is 6.52. The summed E-state index contributed by atoms with van der Waals surface area (Å²) in [4.78, 5) is 3.95. The molecule has 0 spiro atoms. The normalized spacial score (nSPS) is 15.5. The smallest absolute Gasteiger partial charge is 0.135 e. The molecule has 1 aromatic rings. The summed E-state index contributed by atoms with van der Waals surface area (Å²) < 4.78 is 15.3. The maximum Gasteiger partial charge on any atom is 0.135 e. The first-order valence-electron chi connectivity index (χ1n) is 3.18. The lowest BCUT2D eigenvalue weighted by Gasteiger charge is -1.99. The molecule has 60 valence electrons. The van der Waals surface area contributed by atoms with Gasteiger partial charge in [0.05, 0.1) is 9.73 Å². The van der Waals surface area contributed by atoms with Gasteiger partial charge in [0.1, 0.15) is 5.03 Å². The first-order valence-corrected chi connectivity index (χ1v) is 5.10. The molecule has 0 bridgehead atoms. The summed E-state index contributed by atoms with van der Waals surface area (Å²) >= 11 is 0. The first-order chi connectivity index (χ1) is 5.17. The minimum absolute atomic E-state index is 0.544. The standard InChI is InChI=1S/C7H10N2OS/c1-8-11(2,10)7-5-3-4-6-9-7/h3-6H,1-2H3/t11-/m0/s1. The second kappa shape index (κ2) is 3.00. The van der Waals surface area contributed by atoms with E-state index in [0.29, 0.717) is 5.03 Å². The van der Waals surface area contributed by atoms with Crippen molar-refractivity contribution in [1.29, 1.82) is 0 Å². The molecular weight excluding hydrogens is 160 g/mol. The predicted molar refractivity (Wildman–Crippen MR) is 44.9 cm³/mol. The predicted octanol–water partition coefficient (Wildman–Crippen LogP) is 1.17. The van der Waals surface area contributed by atoms with E-state index in [-0.39, 0.29) is 0 Å². The van der Waals surface area contributed by atoms with E-state index < -0.39 is 9.73 Å². The van der Waals surface area contributed by atoms with Crippen molar-refractivity contribution in [2.75, 3.05) is 13.3 Å². The topological polar surface area (TPSA) is 42.3 Å². The van der Waals surface area contributed by atoms with Crippen molar-refractivity contribution in [1.82, 2.24) is 4.98 Å². The minimum Gasteiger partial charge on any atom is -0.246 e. The molecule has 0 aliphatic rings. The van der Waals surface area contributed by atoms with Crippen LogP contribution in [0.1, 0.15) is 0 Å². The van der Waals surface area contributed by atoms with Crippen LogP contribution in [-0.4, -0.2) is 22.5 Å². The van der Waals surface area contributed by atoms with Crippen LogP contribution in [-0.2, 0) is 9.73 Å².